The van der Waals surface area contributed by atoms with E-state index in [2.05, 4.69) is 25.7 Å². The summed E-state index contributed by atoms with van der Waals surface area (Å²) in [7, 11) is -3.12. The van der Waals surface area contributed by atoms with E-state index in [1.54, 1.807) is 13.8 Å². The van der Waals surface area contributed by atoms with Gasteiger partial charge in [-0.25, -0.2) is 23.3 Å². The molecule has 0 aliphatic rings. The molecule has 1 amide bonds. The molecule has 3 aromatic heterocycles. The van der Waals surface area contributed by atoms with Gasteiger partial charge in [0.2, 0.25) is 5.88 Å². The van der Waals surface area contributed by atoms with E-state index >= 15 is 0 Å². The third-order valence-electron chi connectivity index (χ3n) is 5.31. The lowest BCUT2D eigenvalue weighted by molar-refractivity contribution is 0.102. The monoisotopic (exact) mass is 518 g/mol. The molecule has 0 aliphatic carbocycles. The number of nitrogens with one attached hydrogen (secondary N) is 2. The molecular formula is C22H20F2N6O5S. The Morgan fingerprint density at radius 3 is 2.67 bits per heavy atom. The highest BCUT2D eigenvalue weighted by Gasteiger charge is 2.21. The standard InChI is InChI=1S/C22H20F2N6O5S/c1-11-4-5-14(36(32,33)34)7-18(11)28-21(31)16-9-26-30-10-17(24)19(29-20(16)30)27-12(2)15-6-13(23)8-25-22(15)35-3/h4-10,12H,1-3H3,(H,27,29)(H,28,31)(H,32,33,34)/t12-/m1/s1. The summed E-state index contributed by atoms with van der Waals surface area (Å²) >= 11 is 0. The van der Waals surface area contributed by atoms with Gasteiger partial charge in [-0.05, 0) is 37.6 Å². The number of ether oxygens (including phenoxy) is 1. The predicted molar refractivity (Wildman–Crippen MR) is 125 cm³/mol. The largest absolute Gasteiger partial charge is 0.481 e. The van der Waals surface area contributed by atoms with Crippen LogP contribution in [0, 0.1) is 18.6 Å². The van der Waals surface area contributed by atoms with Gasteiger partial charge in [-0.1, -0.05) is 6.07 Å². The Morgan fingerprint density at radius 1 is 1.22 bits per heavy atom. The van der Waals surface area contributed by atoms with E-state index in [4.69, 9.17) is 4.74 Å². The van der Waals surface area contributed by atoms with E-state index in [0.717, 1.165) is 23.0 Å². The Hall–Kier alpha value is -4.17. The topological polar surface area (TPSA) is 148 Å². The lowest BCUT2D eigenvalue weighted by Gasteiger charge is -2.17. The summed E-state index contributed by atoms with van der Waals surface area (Å²) in [5.41, 5.74) is 0.942. The van der Waals surface area contributed by atoms with E-state index in [-0.39, 0.29) is 28.6 Å². The zero-order chi connectivity index (χ0) is 26.2. The molecule has 3 heterocycles. The summed E-state index contributed by atoms with van der Waals surface area (Å²) in [4.78, 5) is 20.6. The summed E-state index contributed by atoms with van der Waals surface area (Å²) in [5.74, 6) is -2.18. The highest BCUT2D eigenvalue weighted by Crippen LogP contribution is 2.28. The van der Waals surface area contributed by atoms with Gasteiger partial charge in [0, 0.05) is 11.3 Å². The molecule has 1 atom stereocenters. The van der Waals surface area contributed by atoms with Crippen LogP contribution in [0.1, 0.15) is 34.5 Å². The van der Waals surface area contributed by atoms with Crippen LogP contribution in [0.3, 0.4) is 0 Å². The summed E-state index contributed by atoms with van der Waals surface area (Å²) in [6.45, 7) is 3.26. The fourth-order valence-corrected chi connectivity index (χ4v) is 3.95. The van der Waals surface area contributed by atoms with Crippen molar-refractivity contribution in [2.24, 2.45) is 0 Å². The molecule has 0 saturated carbocycles. The number of anilines is 2. The molecule has 0 saturated heterocycles. The number of aromatic nitrogens is 4. The van der Waals surface area contributed by atoms with Crippen molar-refractivity contribution >= 4 is 33.2 Å². The fourth-order valence-electron chi connectivity index (χ4n) is 3.44. The van der Waals surface area contributed by atoms with Crippen molar-refractivity contribution in [3.63, 3.8) is 0 Å². The smallest absolute Gasteiger partial charge is 0.294 e. The molecule has 0 spiro atoms. The van der Waals surface area contributed by atoms with Gasteiger partial charge in [-0.2, -0.15) is 13.5 Å². The first kappa shape index (κ1) is 24.9. The second-order valence-corrected chi connectivity index (χ2v) is 9.21. The van der Waals surface area contributed by atoms with Crippen LogP contribution in [0.15, 0.2) is 47.8 Å². The van der Waals surface area contributed by atoms with E-state index in [1.807, 2.05) is 0 Å². The van der Waals surface area contributed by atoms with Gasteiger partial charge in [0.05, 0.1) is 36.6 Å². The predicted octanol–water partition coefficient (Wildman–Crippen LogP) is 3.39. The zero-order valence-corrected chi connectivity index (χ0v) is 20.0. The SMILES string of the molecule is COc1ncc(F)cc1[C@@H](C)Nc1nc2c(C(=O)Nc3cc(S(=O)(=O)O)ccc3C)cnn2cc1F. The number of hydrogen-bond acceptors (Lipinski definition) is 8. The molecule has 0 bridgehead atoms. The maximum atomic E-state index is 14.7. The first-order valence-corrected chi connectivity index (χ1v) is 11.8. The van der Waals surface area contributed by atoms with Gasteiger partial charge in [0.25, 0.3) is 16.0 Å². The first-order chi connectivity index (χ1) is 17.0. The number of hydrogen-bond donors (Lipinski definition) is 3. The molecule has 0 aliphatic heterocycles. The average molecular weight is 519 g/mol. The molecule has 0 radical (unpaired) electrons. The minimum Gasteiger partial charge on any atom is -0.481 e. The van der Waals surface area contributed by atoms with Crippen molar-refractivity contribution in [2.45, 2.75) is 24.8 Å². The minimum atomic E-state index is -4.49. The summed E-state index contributed by atoms with van der Waals surface area (Å²) < 4.78 is 66.8. The average Bonchev–Trinajstić information content (AvgIpc) is 3.22. The molecule has 1 aromatic carbocycles. The number of carbonyl (C=O) groups is 1. The number of carbonyl (C=O) groups excluding carboxylic acids is 1. The van der Waals surface area contributed by atoms with Gasteiger partial charge in [-0.3, -0.25) is 9.35 Å². The second kappa shape index (κ2) is 9.47. The van der Waals surface area contributed by atoms with Gasteiger partial charge < -0.3 is 15.4 Å². The zero-order valence-electron chi connectivity index (χ0n) is 19.2. The Kier molecular flexibility index (Phi) is 6.56. The van der Waals surface area contributed by atoms with Crippen LogP contribution in [0.2, 0.25) is 0 Å². The van der Waals surface area contributed by atoms with Crippen LogP contribution in [0.5, 0.6) is 5.88 Å². The number of benzene rings is 1. The maximum Gasteiger partial charge on any atom is 0.294 e. The van der Waals surface area contributed by atoms with Crippen LogP contribution in [0.4, 0.5) is 20.3 Å². The number of halogens is 2. The Morgan fingerprint density at radius 2 is 1.97 bits per heavy atom. The van der Waals surface area contributed by atoms with Crippen molar-refractivity contribution in [1.29, 1.82) is 0 Å². The summed E-state index contributed by atoms with van der Waals surface area (Å²) in [6, 6.07) is 4.24. The normalized spacial score (nSPS) is 12.4. The van der Waals surface area contributed by atoms with E-state index < -0.39 is 38.6 Å². The number of nitrogens with zero attached hydrogens (tertiary/aromatic N) is 4. The molecule has 36 heavy (non-hydrogen) atoms. The number of fused-ring (bicyclic) bond motifs is 1. The van der Waals surface area contributed by atoms with Crippen molar-refractivity contribution in [2.75, 3.05) is 17.7 Å². The van der Waals surface area contributed by atoms with Gasteiger partial charge in [0.1, 0.15) is 11.4 Å². The van der Waals surface area contributed by atoms with Crippen molar-refractivity contribution in [3.05, 3.63) is 71.2 Å². The number of rotatable bonds is 7. The highest BCUT2D eigenvalue weighted by molar-refractivity contribution is 7.85. The van der Waals surface area contributed by atoms with Crippen LogP contribution >= 0.6 is 0 Å². The van der Waals surface area contributed by atoms with Crippen LogP contribution < -0.4 is 15.4 Å². The van der Waals surface area contributed by atoms with E-state index in [1.165, 1.54) is 31.5 Å². The number of methoxy groups -OCH3 is 1. The van der Waals surface area contributed by atoms with Crippen molar-refractivity contribution in [3.8, 4) is 5.88 Å². The lowest BCUT2D eigenvalue weighted by atomic mass is 10.1. The van der Waals surface area contributed by atoms with Gasteiger partial charge in [0.15, 0.2) is 17.3 Å². The van der Waals surface area contributed by atoms with Crippen LogP contribution in [-0.4, -0.2) is 45.6 Å². The molecule has 0 fully saturated rings. The summed E-state index contributed by atoms with van der Waals surface area (Å²) in [6.07, 6.45) is 3.18. The quantitative estimate of drug-likeness (QED) is 0.313. The Labute approximate surface area is 203 Å². The lowest BCUT2D eigenvalue weighted by Crippen LogP contribution is -2.15. The summed E-state index contributed by atoms with van der Waals surface area (Å²) in [5, 5.41) is 9.32. The van der Waals surface area contributed by atoms with Gasteiger partial charge in [-0.15, -0.1) is 0 Å². The number of pyridine rings is 1. The molecular weight excluding hydrogens is 498 g/mol. The molecule has 14 heteroatoms. The van der Waals surface area contributed by atoms with E-state index in [9.17, 15) is 26.5 Å². The molecule has 3 N–H and O–H groups in total. The fraction of sp³-hybridized carbons (Fsp3) is 0.182. The number of aryl methyl sites for hydroxylation is 1. The Balaban J connectivity index is 1.66. The van der Waals surface area contributed by atoms with Crippen molar-refractivity contribution in [1.82, 2.24) is 19.6 Å². The van der Waals surface area contributed by atoms with Crippen molar-refractivity contribution < 1.29 is 31.3 Å². The molecule has 0 unspecified atom stereocenters. The first-order valence-electron chi connectivity index (χ1n) is 10.4. The maximum absolute atomic E-state index is 14.7. The Bertz CT molecular complexity index is 1590. The second-order valence-electron chi connectivity index (χ2n) is 7.79. The van der Waals surface area contributed by atoms with Crippen LogP contribution in [-0.2, 0) is 10.1 Å². The molecule has 4 aromatic rings. The third-order valence-corrected chi connectivity index (χ3v) is 6.16. The minimum absolute atomic E-state index is 0.00322. The van der Waals surface area contributed by atoms with E-state index in [0.29, 0.717) is 11.1 Å². The van der Waals surface area contributed by atoms with Gasteiger partial charge >= 0.3 is 0 Å². The van der Waals surface area contributed by atoms with Crippen LogP contribution in [0.25, 0.3) is 5.65 Å². The third kappa shape index (κ3) is 4.94. The molecule has 4 rings (SSSR count). The molecule has 188 valence electrons. The number of amides is 1. The highest BCUT2D eigenvalue weighted by atomic mass is 32.2. The molecule has 11 nitrogen and oxygen atoms in total.